The zero-order valence-corrected chi connectivity index (χ0v) is 16.5. The maximum Gasteiger partial charge on any atom is 0.113 e. The highest BCUT2D eigenvalue weighted by Gasteiger charge is 2.16. The van der Waals surface area contributed by atoms with E-state index in [4.69, 9.17) is 4.98 Å². The van der Waals surface area contributed by atoms with Crippen molar-refractivity contribution < 1.29 is 0 Å². The lowest BCUT2D eigenvalue weighted by Crippen LogP contribution is -1.91. The highest BCUT2D eigenvalue weighted by atomic mass is 14.9. The number of aromatic amines is 1. The first-order chi connectivity index (χ1) is 15.4. The Kier molecular flexibility index (Phi) is 4.03. The number of fused-ring (bicyclic) bond motifs is 3. The molecule has 1 N–H and O–H groups in total. The summed E-state index contributed by atoms with van der Waals surface area (Å²) in [6.07, 6.45) is 5.45. The molecule has 5 heterocycles. The van der Waals surface area contributed by atoms with E-state index in [0.717, 1.165) is 55.8 Å². The Morgan fingerprint density at radius 2 is 1.13 bits per heavy atom. The van der Waals surface area contributed by atoms with E-state index in [9.17, 15) is 0 Å². The average molecular weight is 399 g/mol. The van der Waals surface area contributed by atoms with Gasteiger partial charge in [0, 0.05) is 34.9 Å². The zero-order valence-electron chi connectivity index (χ0n) is 16.5. The predicted octanol–water partition coefficient (Wildman–Crippen LogP) is 5.90. The largest absolute Gasteiger partial charge is 0.351 e. The summed E-state index contributed by atoms with van der Waals surface area (Å²) in [5.41, 5.74) is 7.19. The van der Waals surface area contributed by atoms with Gasteiger partial charge in [0.1, 0.15) is 11.4 Å². The van der Waals surface area contributed by atoms with Gasteiger partial charge in [-0.05, 0) is 36.4 Å². The molecule has 0 aliphatic rings. The molecule has 0 aliphatic carbocycles. The molecule has 5 nitrogen and oxygen atoms in total. The van der Waals surface area contributed by atoms with Gasteiger partial charge in [-0.1, -0.05) is 42.5 Å². The van der Waals surface area contributed by atoms with Crippen molar-refractivity contribution in [3.05, 3.63) is 97.5 Å². The minimum atomic E-state index is 0.818. The molecule has 5 aromatic heterocycles. The van der Waals surface area contributed by atoms with Crippen LogP contribution in [-0.4, -0.2) is 24.9 Å². The van der Waals surface area contributed by atoms with Crippen molar-refractivity contribution in [2.45, 2.75) is 0 Å². The second kappa shape index (κ2) is 7.15. The van der Waals surface area contributed by atoms with E-state index in [0.29, 0.717) is 0 Å². The van der Waals surface area contributed by atoms with Gasteiger partial charge < -0.3 is 4.98 Å². The van der Waals surface area contributed by atoms with Crippen molar-refractivity contribution in [1.29, 1.82) is 0 Å². The predicted molar refractivity (Wildman–Crippen MR) is 123 cm³/mol. The van der Waals surface area contributed by atoms with Gasteiger partial charge >= 0.3 is 0 Å². The summed E-state index contributed by atoms with van der Waals surface area (Å²) in [6, 6.07) is 26.1. The SMILES string of the molecule is c1ccc(-c2cccc(-c3nccc4c3[nH]c3c(-c5ccccn5)nccc34)n2)cc1. The van der Waals surface area contributed by atoms with Gasteiger partial charge in [0.05, 0.1) is 28.1 Å². The maximum absolute atomic E-state index is 4.90. The van der Waals surface area contributed by atoms with Gasteiger partial charge in [-0.3, -0.25) is 15.0 Å². The normalized spacial score (nSPS) is 11.2. The number of rotatable bonds is 3. The van der Waals surface area contributed by atoms with Crippen LogP contribution >= 0.6 is 0 Å². The fraction of sp³-hybridized carbons (Fsp3) is 0. The summed E-state index contributed by atoms with van der Waals surface area (Å²) in [6.45, 7) is 0. The van der Waals surface area contributed by atoms with E-state index in [1.165, 1.54) is 0 Å². The molecule has 146 valence electrons. The molecule has 0 radical (unpaired) electrons. The van der Waals surface area contributed by atoms with Crippen molar-refractivity contribution in [2.75, 3.05) is 0 Å². The van der Waals surface area contributed by atoms with Crippen LogP contribution in [0.15, 0.2) is 97.5 Å². The van der Waals surface area contributed by atoms with Gasteiger partial charge in [0.25, 0.3) is 0 Å². The Balaban J connectivity index is 1.58. The first-order valence-corrected chi connectivity index (χ1v) is 10.1. The second-order valence-electron chi connectivity index (χ2n) is 7.28. The van der Waals surface area contributed by atoms with Crippen LogP contribution < -0.4 is 0 Å². The third-order valence-corrected chi connectivity index (χ3v) is 5.41. The molecule has 0 spiro atoms. The number of hydrogen-bond donors (Lipinski definition) is 1. The van der Waals surface area contributed by atoms with Crippen LogP contribution in [0.2, 0.25) is 0 Å². The van der Waals surface area contributed by atoms with Gasteiger partial charge in [-0.2, -0.15) is 0 Å². The van der Waals surface area contributed by atoms with E-state index in [1.807, 2.05) is 79.1 Å². The molecule has 31 heavy (non-hydrogen) atoms. The van der Waals surface area contributed by atoms with Crippen LogP contribution in [-0.2, 0) is 0 Å². The Morgan fingerprint density at radius 1 is 0.484 bits per heavy atom. The maximum atomic E-state index is 4.90. The zero-order chi connectivity index (χ0) is 20.6. The van der Waals surface area contributed by atoms with Gasteiger partial charge in [-0.25, -0.2) is 4.98 Å². The number of benzene rings is 1. The minimum Gasteiger partial charge on any atom is -0.351 e. The number of H-pyrrole nitrogens is 1. The van der Waals surface area contributed by atoms with Crippen LogP contribution in [0.25, 0.3) is 55.8 Å². The summed E-state index contributed by atoms with van der Waals surface area (Å²) in [4.78, 5) is 22.2. The monoisotopic (exact) mass is 399 g/mol. The van der Waals surface area contributed by atoms with E-state index in [2.05, 4.69) is 32.1 Å². The standard InChI is InChI=1S/C26H17N5/c1-2-7-17(8-3-1)20-10-6-11-22(30-20)26-24-19(13-16-29-26)18-12-15-28-25(23(18)31-24)21-9-4-5-14-27-21/h1-16,31H. The summed E-state index contributed by atoms with van der Waals surface area (Å²) < 4.78 is 0. The number of pyridine rings is 4. The lowest BCUT2D eigenvalue weighted by Gasteiger charge is -2.05. The summed E-state index contributed by atoms with van der Waals surface area (Å²) in [5.74, 6) is 0. The molecule has 6 rings (SSSR count). The number of nitrogens with zero attached hydrogens (tertiary/aromatic N) is 4. The number of nitrogens with one attached hydrogen (secondary N) is 1. The second-order valence-corrected chi connectivity index (χ2v) is 7.28. The quantitative estimate of drug-likeness (QED) is 0.402. The third-order valence-electron chi connectivity index (χ3n) is 5.41. The molecule has 6 aromatic rings. The fourth-order valence-electron chi connectivity index (χ4n) is 3.98. The molecule has 0 bridgehead atoms. The van der Waals surface area contributed by atoms with Gasteiger partial charge in [0.2, 0.25) is 0 Å². The Labute approximate surface area is 178 Å². The van der Waals surface area contributed by atoms with Crippen molar-refractivity contribution in [3.8, 4) is 34.0 Å². The summed E-state index contributed by atoms with van der Waals surface area (Å²) >= 11 is 0. The van der Waals surface area contributed by atoms with Crippen LogP contribution in [0, 0.1) is 0 Å². The first kappa shape index (κ1) is 17.5. The van der Waals surface area contributed by atoms with E-state index in [-0.39, 0.29) is 0 Å². The van der Waals surface area contributed by atoms with E-state index in [1.54, 1.807) is 6.20 Å². The lowest BCUT2D eigenvalue weighted by atomic mass is 10.1. The van der Waals surface area contributed by atoms with Crippen LogP contribution in [0.1, 0.15) is 0 Å². The van der Waals surface area contributed by atoms with Crippen molar-refractivity contribution in [2.24, 2.45) is 0 Å². The van der Waals surface area contributed by atoms with E-state index >= 15 is 0 Å². The highest BCUT2D eigenvalue weighted by Crippen LogP contribution is 2.34. The van der Waals surface area contributed by atoms with Crippen molar-refractivity contribution in [3.63, 3.8) is 0 Å². The summed E-state index contributed by atoms with van der Waals surface area (Å²) in [7, 11) is 0. The van der Waals surface area contributed by atoms with Crippen LogP contribution in [0.4, 0.5) is 0 Å². The minimum absolute atomic E-state index is 0.818. The third kappa shape index (κ3) is 2.95. The molecule has 0 atom stereocenters. The van der Waals surface area contributed by atoms with E-state index < -0.39 is 0 Å². The molecular formula is C26H17N5. The molecule has 1 aromatic carbocycles. The molecule has 0 amide bonds. The topological polar surface area (TPSA) is 67.3 Å². The molecule has 0 aliphatic heterocycles. The molecular weight excluding hydrogens is 382 g/mol. The lowest BCUT2D eigenvalue weighted by molar-refractivity contribution is 1.25. The van der Waals surface area contributed by atoms with Gasteiger partial charge in [-0.15, -0.1) is 0 Å². The smallest absolute Gasteiger partial charge is 0.113 e. The van der Waals surface area contributed by atoms with Gasteiger partial charge in [0.15, 0.2) is 0 Å². The first-order valence-electron chi connectivity index (χ1n) is 10.1. The van der Waals surface area contributed by atoms with Crippen LogP contribution in [0.3, 0.4) is 0 Å². The van der Waals surface area contributed by atoms with Crippen LogP contribution in [0.5, 0.6) is 0 Å². The Hall–Kier alpha value is -4.38. The summed E-state index contributed by atoms with van der Waals surface area (Å²) in [5, 5.41) is 2.18. The fourth-order valence-corrected chi connectivity index (χ4v) is 3.98. The molecule has 5 heteroatoms. The number of aromatic nitrogens is 5. The number of hydrogen-bond acceptors (Lipinski definition) is 4. The Morgan fingerprint density at radius 3 is 1.84 bits per heavy atom. The Bertz CT molecular complexity index is 1520. The molecule has 0 saturated carbocycles. The molecule has 0 unspecified atom stereocenters. The van der Waals surface area contributed by atoms with Crippen molar-refractivity contribution in [1.82, 2.24) is 24.9 Å². The molecule has 0 saturated heterocycles. The average Bonchev–Trinajstić information content (AvgIpc) is 3.24. The highest BCUT2D eigenvalue weighted by molar-refractivity contribution is 6.13. The van der Waals surface area contributed by atoms with Crippen molar-refractivity contribution >= 4 is 21.8 Å². The molecule has 0 fully saturated rings.